The summed E-state index contributed by atoms with van der Waals surface area (Å²) in [6, 6.07) is 4.19. The van der Waals surface area contributed by atoms with Gasteiger partial charge >= 0.3 is 0 Å². The second kappa shape index (κ2) is 7.32. The molecule has 0 amide bonds. The zero-order valence-electron chi connectivity index (χ0n) is 14.9. The number of sulfonamides is 2. The Labute approximate surface area is 150 Å². The molecule has 0 bridgehead atoms. The second-order valence-electron chi connectivity index (χ2n) is 7.09. The maximum Gasteiger partial charge on any atom is 0.243 e. The molecular formula is C16H27N3O4S2. The third kappa shape index (κ3) is 4.59. The molecule has 1 fully saturated rings. The second-order valence-corrected chi connectivity index (χ2v) is 10.7. The monoisotopic (exact) mass is 389 g/mol. The lowest BCUT2D eigenvalue weighted by Crippen LogP contribution is -2.48. The van der Waals surface area contributed by atoms with Gasteiger partial charge in [-0.3, -0.25) is 0 Å². The van der Waals surface area contributed by atoms with E-state index in [1.54, 1.807) is 20.8 Å². The van der Waals surface area contributed by atoms with Crippen LogP contribution >= 0.6 is 0 Å². The molecule has 3 N–H and O–H groups in total. The Kier molecular flexibility index (Phi) is 5.95. The number of aryl methyl sites for hydroxylation is 1. The molecule has 0 aromatic heterocycles. The molecule has 1 saturated heterocycles. The van der Waals surface area contributed by atoms with Crippen LogP contribution in [0.4, 0.5) is 0 Å². The summed E-state index contributed by atoms with van der Waals surface area (Å²) in [6.07, 6.45) is 2.66. The molecule has 0 spiro atoms. The van der Waals surface area contributed by atoms with Crippen LogP contribution in [0.3, 0.4) is 0 Å². The largest absolute Gasteiger partial charge is 0.329 e. The molecule has 1 aromatic carbocycles. The summed E-state index contributed by atoms with van der Waals surface area (Å²) >= 11 is 0. The number of rotatable bonds is 6. The molecule has 1 heterocycles. The number of nitrogens with two attached hydrogens (primary N) is 1. The van der Waals surface area contributed by atoms with Crippen LogP contribution in [0, 0.1) is 6.92 Å². The summed E-state index contributed by atoms with van der Waals surface area (Å²) in [5.41, 5.74) is 5.29. The van der Waals surface area contributed by atoms with Gasteiger partial charge in [0.1, 0.15) is 0 Å². The number of hydrogen-bond donors (Lipinski definition) is 2. The number of piperidine rings is 1. The Morgan fingerprint density at radius 2 is 1.72 bits per heavy atom. The highest BCUT2D eigenvalue weighted by Gasteiger charge is 2.30. The van der Waals surface area contributed by atoms with Crippen molar-refractivity contribution in [1.82, 2.24) is 9.03 Å². The molecule has 9 heteroatoms. The van der Waals surface area contributed by atoms with Crippen LogP contribution in [-0.2, 0) is 20.0 Å². The highest BCUT2D eigenvalue weighted by Crippen LogP contribution is 2.26. The van der Waals surface area contributed by atoms with E-state index >= 15 is 0 Å². The highest BCUT2D eigenvalue weighted by atomic mass is 32.2. The number of nitrogens with zero attached hydrogens (tertiary/aromatic N) is 1. The van der Waals surface area contributed by atoms with Gasteiger partial charge in [0, 0.05) is 25.2 Å². The SMILES string of the molecule is Cc1ccc(S(=O)(=O)NC(C)(C)CN)cc1S(=O)(=O)N1CCCCC1. The van der Waals surface area contributed by atoms with Gasteiger partial charge in [0.15, 0.2) is 0 Å². The first kappa shape index (κ1) is 20.3. The molecule has 25 heavy (non-hydrogen) atoms. The summed E-state index contributed by atoms with van der Waals surface area (Å²) in [6.45, 7) is 6.07. The fourth-order valence-electron chi connectivity index (χ4n) is 2.73. The highest BCUT2D eigenvalue weighted by molar-refractivity contribution is 7.90. The first-order valence-corrected chi connectivity index (χ1v) is 11.3. The summed E-state index contributed by atoms with van der Waals surface area (Å²) < 4.78 is 55.0. The summed E-state index contributed by atoms with van der Waals surface area (Å²) in [4.78, 5) is -0.0296. The van der Waals surface area contributed by atoms with Crippen LogP contribution in [0.2, 0.25) is 0 Å². The van der Waals surface area contributed by atoms with Gasteiger partial charge in [-0.25, -0.2) is 21.6 Å². The maximum atomic E-state index is 12.9. The lowest BCUT2D eigenvalue weighted by atomic mass is 10.1. The fraction of sp³-hybridized carbons (Fsp3) is 0.625. The van der Waals surface area contributed by atoms with Crippen LogP contribution in [0.15, 0.2) is 28.0 Å². The van der Waals surface area contributed by atoms with E-state index in [4.69, 9.17) is 5.73 Å². The van der Waals surface area contributed by atoms with Gasteiger partial charge in [-0.2, -0.15) is 4.31 Å². The third-order valence-electron chi connectivity index (χ3n) is 4.32. The van der Waals surface area contributed by atoms with Crippen LogP contribution in [0.1, 0.15) is 38.7 Å². The van der Waals surface area contributed by atoms with Gasteiger partial charge in [0.2, 0.25) is 20.0 Å². The van der Waals surface area contributed by atoms with E-state index in [1.165, 1.54) is 22.5 Å². The quantitative estimate of drug-likeness (QED) is 0.759. The van der Waals surface area contributed by atoms with E-state index in [0.717, 1.165) is 19.3 Å². The summed E-state index contributed by atoms with van der Waals surface area (Å²) in [7, 11) is -7.58. The number of hydrogen-bond acceptors (Lipinski definition) is 5. The van der Waals surface area contributed by atoms with Gasteiger partial charge in [0.25, 0.3) is 0 Å². The molecule has 0 unspecified atom stereocenters. The van der Waals surface area contributed by atoms with Crippen LogP contribution in [-0.4, -0.2) is 46.3 Å². The van der Waals surface area contributed by atoms with E-state index in [2.05, 4.69) is 4.72 Å². The van der Waals surface area contributed by atoms with Crippen molar-refractivity contribution in [2.75, 3.05) is 19.6 Å². The smallest absolute Gasteiger partial charge is 0.243 e. The van der Waals surface area contributed by atoms with Crippen molar-refractivity contribution >= 4 is 20.0 Å². The summed E-state index contributed by atoms with van der Waals surface area (Å²) in [5.74, 6) is 0. The zero-order valence-corrected chi connectivity index (χ0v) is 16.6. The molecule has 2 rings (SSSR count). The molecule has 0 saturated carbocycles. The van der Waals surface area contributed by atoms with Crippen molar-refractivity contribution < 1.29 is 16.8 Å². The predicted molar refractivity (Wildman–Crippen MR) is 97.2 cm³/mol. The van der Waals surface area contributed by atoms with E-state index in [1.807, 2.05) is 0 Å². The van der Waals surface area contributed by atoms with Gasteiger partial charge in [-0.15, -0.1) is 0 Å². The molecule has 1 aromatic rings. The summed E-state index contributed by atoms with van der Waals surface area (Å²) in [5, 5.41) is 0. The van der Waals surface area contributed by atoms with Gasteiger partial charge in [-0.05, 0) is 51.3 Å². The van der Waals surface area contributed by atoms with E-state index < -0.39 is 25.6 Å². The molecule has 1 aliphatic heterocycles. The number of benzene rings is 1. The Hall–Kier alpha value is -1.00. The van der Waals surface area contributed by atoms with Crippen molar-refractivity contribution in [3.05, 3.63) is 23.8 Å². The topological polar surface area (TPSA) is 110 Å². The van der Waals surface area contributed by atoms with Crippen LogP contribution in [0.25, 0.3) is 0 Å². The van der Waals surface area contributed by atoms with Crippen molar-refractivity contribution in [3.8, 4) is 0 Å². The minimum atomic E-state index is -3.87. The lowest BCUT2D eigenvalue weighted by Gasteiger charge is -2.27. The molecule has 0 radical (unpaired) electrons. The standard InChI is InChI=1S/C16H27N3O4S2/c1-13-7-8-14(24(20,21)18-16(2,3)12-17)11-15(13)25(22,23)19-9-5-4-6-10-19/h7-8,11,18H,4-6,9-10,12,17H2,1-3H3. The normalized spacial score (nSPS) is 17.6. The first-order valence-electron chi connectivity index (χ1n) is 8.34. The Morgan fingerprint density at radius 1 is 1.12 bits per heavy atom. The fourth-order valence-corrected chi connectivity index (χ4v) is 6.03. The molecular weight excluding hydrogens is 362 g/mol. The van der Waals surface area contributed by atoms with Crippen molar-refractivity contribution in [1.29, 1.82) is 0 Å². The van der Waals surface area contributed by atoms with E-state index in [9.17, 15) is 16.8 Å². The van der Waals surface area contributed by atoms with E-state index in [-0.39, 0.29) is 16.3 Å². The molecule has 0 atom stereocenters. The number of nitrogens with one attached hydrogen (secondary N) is 1. The minimum Gasteiger partial charge on any atom is -0.329 e. The Balaban J connectivity index is 2.44. The minimum absolute atomic E-state index is 0.0443. The first-order chi connectivity index (χ1) is 11.5. The molecule has 1 aliphatic rings. The van der Waals surface area contributed by atoms with Crippen molar-refractivity contribution in [2.24, 2.45) is 5.73 Å². The Morgan fingerprint density at radius 3 is 2.28 bits per heavy atom. The third-order valence-corrected chi connectivity index (χ3v) is 8.06. The van der Waals surface area contributed by atoms with E-state index in [0.29, 0.717) is 18.7 Å². The average Bonchev–Trinajstić information content (AvgIpc) is 2.54. The molecule has 142 valence electrons. The van der Waals surface area contributed by atoms with Crippen molar-refractivity contribution in [2.45, 2.75) is 55.4 Å². The Bertz CT molecular complexity index is 827. The molecule has 7 nitrogen and oxygen atoms in total. The van der Waals surface area contributed by atoms with Gasteiger partial charge in [-0.1, -0.05) is 12.5 Å². The van der Waals surface area contributed by atoms with Gasteiger partial charge < -0.3 is 5.73 Å². The van der Waals surface area contributed by atoms with Crippen LogP contribution < -0.4 is 10.5 Å². The van der Waals surface area contributed by atoms with Crippen LogP contribution in [0.5, 0.6) is 0 Å². The lowest BCUT2D eigenvalue weighted by molar-refractivity contribution is 0.346. The maximum absolute atomic E-state index is 12.9. The zero-order chi connectivity index (χ0) is 18.9. The molecule has 0 aliphatic carbocycles. The van der Waals surface area contributed by atoms with Crippen molar-refractivity contribution in [3.63, 3.8) is 0 Å². The predicted octanol–water partition coefficient (Wildman–Crippen LogP) is 1.19. The van der Waals surface area contributed by atoms with Gasteiger partial charge in [0.05, 0.1) is 9.79 Å². The average molecular weight is 390 g/mol.